The standard InChI is InChI=1S/C18H20N2O4.ClH/c19-9-14-7-13(10-24-14)18(21)20-17(11-1-2-11)12-3-4-15-16(8-12)23-6-5-22-15;/h3-4,7-8,10-11,17H,1-2,5-6,9,19H2,(H,20,21);1H. The van der Waals surface area contributed by atoms with E-state index in [9.17, 15) is 4.79 Å². The molecular formula is C18H21ClN2O4. The van der Waals surface area contributed by atoms with Gasteiger partial charge in [0.25, 0.3) is 5.91 Å². The van der Waals surface area contributed by atoms with E-state index in [2.05, 4.69) is 5.32 Å². The zero-order valence-corrected chi connectivity index (χ0v) is 14.5. The molecule has 0 saturated heterocycles. The van der Waals surface area contributed by atoms with Gasteiger partial charge in [-0.25, -0.2) is 0 Å². The number of nitrogens with two attached hydrogens (primary N) is 1. The third-order valence-electron chi connectivity index (χ3n) is 4.42. The Kier molecular flexibility index (Phi) is 5.20. The quantitative estimate of drug-likeness (QED) is 0.851. The van der Waals surface area contributed by atoms with Crippen LogP contribution in [0.1, 0.15) is 40.6 Å². The molecule has 2 heterocycles. The Hall–Kier alpha value is -2.18. The third kappa shape index (κ3) is 3.75. The van der Waals surface area contributed by atoms with Crippen molar-refractivity contribution in [2.24, 2.45) is 11.7 Å². The fraction of sp³-hybridized carbons (Fsp3) is 0.389. The van der Waals surface area contributed by atoms with Crippen LogP contribution in [0.25, 0.3) is 0 Å². The summed E-state index contributed by atoms with van der Waals surface area (Å²) in [7, 11) is 0. The predicted octanol–water partition coefficient (Wildman–Crippen LogP) is 2.81. The molecule has 4 rings (SSSR count). The maximum Gasteiger partial charge on any atom is 0.255 e. The first kappa shape index (κ1) is 17.6. The molecule has 1 unspecified atom stereocenters. The zero-order chi connectivity index (χ0) is 16.5. The lowest BCUT2D eigenvalue weighted by Crippen LogP contribution is -2.29. The topological polar surface area (TPSA) is 86.7 Å². The van der Waals surface area contributed by atoms with E-state index >= 15 is 0 Å². The Balaban J connectivity index is 0.00000182. The number of fused-ring (bicyclic) bond motifs is 1. The number of benzene rings is 1. The van der Waals surface area contributed by atoms with Crippen molar-refractivity contribution in [1.29, 1.82) is 0 Å². The molecule has 3 N–H and O–H groups in total. The summed E-state index contributed by atoms with van der Waals surface area (Å²) in [5.41, 5.74) is 7.07. The SMILES string of the molecule is Cl.NCc1cc(C(=O)NC(c2ccc3c(c2)OCCO3)C2CC2)co1. The second-order valence-corrected chi connectivity index (χ2v) is 6.20. The van der Waals surface area contributed by atoms with E-state index in [1.807, 2.05) is 18.2 Å². The molecule has 1 aliphatic heterocycles. The Morgan fingerprint density at radius 3 is 2.64 bits per heavy atom. The molecule has 2 aromatic rings. The number of rotatable bonds is 5. The Labute approximate surface area is 152 Å². The van der Waals surface area contributed by atoms with Gasteiger partial charge in [-0.2, -0.15) is 0 Å². The molecular weight excluding hydrogens is 344 g/mol. The van der Waals surface area contributed by atoms with E-state index in [4.69, 9.17) is 19.6 Å². The molecule has 0 bridgehead atoms. The highest BCUT2D eigenvalue weighted by Gasteiger charge is 2.34. The van der Waals surface area contributed by atoms with Crippen LogP contribution in [0.5, 0.6) is 11.5 Å². The summed E-state index contributed by atoms with van der Waals surface area (Å²) < 4.78 is 16.5. The molecule has 1 saturated carbocycles. The van der Waals surface area contributed by atoms with Crippen LogP contribution in [0, 0.1) is 5.92 Å². The zero-order valence-electron chi connectivity index (χ0n) is 13.7. The smallest absolute Gasteiger partial charge is 0.255 e. The van der Waals surface area contributed by atoms with Crippen LogP contribution < -0.4 is 20.5 Å². The first-order valence-electron chi connectivity index (χ1n) is 8.22. The van der Waals surface area contributed by atoms with Gasteiger partial charge in [-0.15, -0.1) is 12.4 Å². The Bertz CT molecular complexity index is 757. The summed E-state index contributed by atoms with van der Waals surface area (Å²) in [5.74, 6) is 2.41. The first-order chi connectivity index (χ1) is 11.7. The Morgan fingerprint density at radius 1 is 1.20 bits per heavy atom. The van der Waals surface area contributed by atoms with Crippen LogP contribution in [0.2, 0.25) is 0 Å². The summed E-state index contributed by atoms with van der Waals surface area (Å²) in [4.78, 5) is 12.5. The molecule has 1 fully saturated rings. The second-order valence-electron chi connectivity index (χ2n) is 6.20. The maximum absolute atomic E-state index is 12.5. The summed E-state index contributed by atoms with van der Waals surface area (Å²) in [6, 6.07) is 7.53. The molecule has 1 atom stereocenters. The predicted molar refractivity (Wildman–Crippen MR) is 94.2 cm³/mol. The van der Waals surface area contributed by atoms with E-state index in [0.29, 0.717) is 30.5 Å². The third-order valence-corrected chi connectivity index (χ3v) is 4.42. The van der Waals surface area contributed by atoms with E-state index in [0.717, 1.165) is 29.9 Å². The molecule has 1 aromatic heterocycles. The summed E-state index contributed by atoms with van der Waals surface area (Å²) in [6.45, 7) is 1.40. The molecule has 25 heavy (non-hydrogen) atoms. The van der Waals surface area contributed by atoms with Gasteiger partial charge in [0.1, 0.15) is 25.2 Å². The van der Waals surface area contributed by atoms with Gasteiger partial charge in [-0.05, 0) is 42.5 Å². The van der Waals surface area contributed by atoms with Gasteiger partial charge in [0.05, 0.1) is 18.2 Å². The fourth-order valence-corrected chi connectivity index (χ4v) is 2.99. The molecule has 6 nitrogen and oxygen atoms in total. The normalized spacial score (nSPS) is 16.7. The molecule has 1 aliphatic carbocycles. The van der Waals surface area contributed by atoms with Gasteiger partial charge in [0.2, 0.25) is 0 Å². The minimum absolute atomic E-state index is 0. The van der Waals surface area contributed by atoms with Crippen LogP contribution >= 0.6 is 12.4 Å². The summed E-state index contributed by atoms with van der Waals surface area (Å²) in [6.07, 6.45) is 3.67. The van der Waals surface area contributed by atoms with Gasteiger partial charge < -0.3 is 24.9 Å². The van der Waals surface area contributed by atoms with Crippen molar-refractivity contribution < 1.29 is 18.7 Å². The van der Waals surface area contributed by atoms with Crippen molar-refractivity contribution in [3.05, 3.63) is 47.4 Å². The first-order valence-corrected chi connectivity index (χ1v) is 8.22. The second kappa shape index (κ2) is 7.37. The van der Waals surface area contributed by atoms with Gasteiger partial charge in [-0.3, -0.25) is 4.79 Å². The lowest BCUT2D eigenvalue weighted by atomic mass is 10.0. The lowest BCUT2D eigenvalue weighted by Gasteiger charge is -2.23. The van der Waals surface area contributed by atoms with E-state index in [1.165, 1.54) is 6.26 Å². The van der Waals surface area contributed by atoms with Crippen molar-refractivity contribution in [3.8, 4) is 11.5 Å². The van der Waals surface area contributed by atoms with Crippen molar-refractivity contribution >= 4 is 18.3 Å². The van der Waals surface area contributed by atoms with Gasteiger partial charge in [0.15, 0.2) is 11.5 Å². The van der Waals surface area contributed by atoms with Crippen LogP contribution in [-0.4, -0.2) is 19.1 Å². The van der Waals surface area contributed by atoms with E-state index in [-0.39, 0.29) is 30.9 Å². The van der Waals surface area contributed by atoms with Crippen molar-refractivity contribution in [2.75, 3.05) is 13.2 Å². The number of amides is 1. The molecule has 1 aromatic carbocycles. The number of carbonyl (C=O) groups excluding carboxylic acids is 1. The molecule has 0 spiro atoms. The lowest BCUT2D eigenvalue weighted by molar-refractivity contribution is 0.0931. The van der Waals surface area contributed by atoms with E-state index < -0.39 is 0 Å². The molecule has 0 radical (unpaired) electrons. The van der Waals surface area contributed by atoms with Gasteiger partial charge >= 0.3 is 0 Å². The number of nitrogens with one attached hydrogen (secondary N) is 1. The number of ether oxygens (including phenoxy) is 2. The maximum atomic E-state index is 12.5. The molecule has 1 amide bonds. The minimum atomic E-state index is -0.148. The number of hydrogen-bond donors (Lipinski definition) is 2. The van der Waals surface area contributed by atoms with Crippen LogP contribution in [-0.2, 0) is 6.54 Å². The largest absolute Gasteiger partial charge is 0.486 e. The van der Waals surface area contributed by atoms with Crippen LogP contribution in [0.3, 0.4) is 0 Å². The molecule has 2 aliphatic rings. The average Bonchev–Trinajstić information content (AvgIpc) is 3.34. The highest BCUT2D eigenvalue weighted by atomic mass is 35.5. The summed E-state index contributed by atoms with van der Waals surface area (Å²) in [5, 5.41) is 3.12. The summed E-state index contributed by atoms with van der Waals surface area (Å²) >= 11 is 0. The van der Waals surface area contributed by atoms with Crippen molar-refractivity contribution in [2.45, 2.75) is 25.4 Å². The highest BCUT2D eigenvalue weighted by molar-refractivity contribution is 5.94. The van der Waals surface area contributed by atoms with Crippen molar-refractivity contribution in [1.82, 2.24) is 5.32 Å². The minimum Gasteiger partial charge on any atom is -0.486 e. The number of hydrogen-bond acceptors (Lipinski definition) is 5. The van der Waals surface area contributed by atoms with Crippen molar-refractivity contribution in [3.63, 3.8) is 0 Å². The number of furan rings is 1. The van der Waals surface area contributed by atoms with Gasteiger partial charge in [0, 0.05) is 0 Å². The average molecular weight is 365 g/mol. The number of carbonyl (C=O) groups is 1. The number of halogens is 1. The van der Waals surface area contributed by atoms with Crippen LogP contribution in [0.15, 0.2) is 34.9 Å². The van der Waals surface area contributed by atoms with Crippen LogP contribution in [0.4, 0.5) is 0 Å². The van der Waals surface area contributed by atoms with Gasteiger partial charge in [-0.1, -0.05) is 6.07 Å². The highest BCUT2D eigenvalue weighted by Crippen LogP contribution is 2.43. The fourth-order valence-electron chi connectivity index (χ4n) is 2.99. The monoisotopic (exact) mass is 364 g/mol. The van der Waals surface area contributed by atoms with E-state index in [1.54, 1.807) is 6.07 Å². The molecule has 134 valence electrons. The Morgan fingerprint density at radius 2 is 1.96 bits per heavy atom. The molecule has 7 heteroatoms.